The van der Waals surface area contributed by atoms with Crippen molar-refractivity contribution in [2.75, 3.05) is 13.6 Å². The van der Waals surface area contributed by atoms with Crippen LogP contribution in [0.2, 0.25) is 0 Å². The van der Waals surface area contributed by atoms with Crippen molar-refractivity contribution in [2.45, 2.75) is 0 Å². The van der Waals surface area contributed by atoms with Crippen LogP contribution in [0, 0.1) is 12.3 Å². The van der Waals surface area contributed by atoms with Crippen molar-refractivity contribution in [1.82, 2.24) is 4.90 Å². The average molecular weight is 199 g/mol. The third-order valence-corrected chi connectivity index (χ3v) is 1.92. The topological polar surface area (TPSA) is 20.3 Å². The molecule has 0 saturated heterocycles. The van der Waals surface area contributed by atoms with Crippen LogP contribution < -0.4 is 0 Å². The number of carbonyl (C=O) groups is 1. The number of terminal acetylenes is 1. The molecule has 2 nitrogen and oxygen atoms in total. The highest BCUT2D eigenvalue weighted by atomic mass is 16.2. The van der Waals surface area contributed by atoms with Gasteiger partial charge in [-0.3, -0.25) is 4.79 Å². The lowest BCUT2D eigenvalue weighted by molar-refractivity contribution is -0.124. The summed E-state index contributed by atoms with van der Waals surface area (Å²) in [6.45, 7) is 0.331. The fraction of sp³-hybridized carbons (Fsp3) is 0.154. The summed E-state index contributed by atoms with van der Waals surface area (Å²) in [7, 11) is 1.68. The molecular formula is C13H13NO. The molecule has 0 bridgehead atoms. The maximum atomic E-state index is 11.4. The summed E-state index contributed by atoms with van der Waals surface area (Å²) in [6, 6.07) is 9.66. The monoisotopic (exact) mass is 199 g/mol. The molecule has 0 saturated carbocycles. The molecule has 0 N–H and O–H groups in total. The summed E-state index contributed by atoms with van der Waals surface area (Å²) < 4.78 is 0. The molecule has 0 aliphatic carbocycles. The molecular weight excluding hydrogens is 186 g/mol. The minimum absolute atomic E-state index is 0.0863. The molecule has 1 rings (SSSR count). The Hall–Kier alpha value is -2.01. The van der Waals surface area contributed by atoms with E-state index in [-0.39, 0.29) is 5.91 Å². The lowest BCUT2D eigenvalue weighted by Crippen LogP contribution is -2.24. The minimum atomic E-state index is -0.0863. The third kappa shape index (κ3) is 3.70. The molecule has 0 unspecified atom stereocenters. The zero-order chi connectivity index (χ0) is 11.1. The molecule has 2 heteroatoms. The normalized spacial score (nSPS) is 9.87. The molecule has 76 valence electrons. The van der Waals surface area contributed by atoms with E-state index in [0.29, 0.717) is 6.54 Å². The molecule has 0 spiro atoms. The first-order valence-electron chi connectivity index (χ1n) is 4.65. The van der Waals surface area contributed by atoms with Gasteiger partial charge in [-0.25, -0.2) is 0 Å². The van der Waals surface area contributed by atoms with Crippen LogP contribution in [-0.4, -0.2) is 24.4 Å². The van der Waals surface area contributed by atoms with Gasteiger partial charge in [0.25, 0.3) is 0 Å². The second-order valence-electron chi connectivity index (χ2n) is 3.14. The molecule has 0 aliphatic rings. The number of carbonyl (C=O) groups excluding carboxylic acids is 1. The summed E-state index contributed by atoms with van der Waals surface area (Å²) in [5, 5.41) is 0. The zero-order valence-corrected chi connectivity index (χ0v) is 8.68. The van der Waals surface area contributed by atoms with Gasteiger partial charge in [0, 0.05) is 13.1 Å². The quantitative estimate of drug-likeness (QED) is 0.537. The van der Waals surface area contributed by atoms with Crippen LogP contribution in [0.25, 0.3) is 6.08 Å². The smallest absolute Gasteiger partial charge is 0.247 e. The van der Waals surface area contributed by atoms with Crippen molar-refractivity contribution in [3.8, 4) is 12.3 Å². The van der Waals surface area contributed by atoms with Crippen LogP contribution >= 0.6 is 0 Å². The summed E-state index contributed by atoms with van der Waals surface area (Å²) in [6.07, 6.45) is 8.40. The standard InChI is InChI=1S/C13H13NO/c1-3-11-14(2)13(15)10-9-12-7-5-4-6-8-12/h1,4-10H,11H2,2H3/b10-9+. The highest BCUT2D eigenvalue weighted by molar-refractivity contribution is 5.91. The van der Waals surface area contributed by atoms with Gasteiger partial charge in [0.2, 0.25) is 5.91 Å². The van der Waals surface area contributed by atoms with E-state index in [1.807, 2.05) is 30.3 Å². The Bertz CT molecular complexity index is 387. The van der Waals surface area contributed by atoms with Crippen LogP contribution in [0.3, 0.4) is 0 Å². The Balaban J connectivity index is 2.59. The molecule has 1 aromatic carbocycles. The van der Waals surface area contributed by atoms with Gasteiger partial charge in [0.05, 0.1) is 6.54 Å². The predicted octanol–water partition coefficient (Wildman–Crippen LogP) is 1.79. The van der Waals surface area contributed by atoms with Crippen LogP contribution in [0.4, 0.5) is 0 Å². The second-order valence-corrected chi connectivity index (χ2v) is 3.14. The van der Waals surface area contributed by atoms with Gasteiger partial charge in [-0.05, 0) is 11.6 Å². The van der Waals surface area contributed by atoms with E-state index in [1.54, 1.807) is 13.1 Å². The van der Waals surface area contributed by atoms with Crippen LogP contribution in [0.15, 0.2) is 36.4 Å². The molecule has 0 aliphatic heterocycles. The Morgan fingerprint density at radius 1 is 1.47 bits per heavy atom. The molecule has 0 fully saturated rings. The van der Waals surface area contributed by atoms with E-state index in [0.717, 1.165) is 5.56 Å². The summed E-state index contributed by atoms with van der Waals surface area (Å²) in [4.78, 5) is 12.9. The summed E-state index contributed by atoms with van der Waals surface area (Å²) in [5.74, 6) is 2.33. The van der Waals surface area contributed by atoms with E-state index in [2.05, 4.69) is 5.92 Å². The molecule has 15 heavy (non-hydrogen) atoms. The average Bonchev–Trinajstić information content (AvgIpc) is 2.27. The largest absolute Gasteiger partial charge is 0.331 e. The number of nitrogens with zero attached hydrogens (tertiary/aromatic N) is 1. The van der Waals surface area contributed by atoms with E-state index < -0.39 is 0 Å². The molecule has 1 aromatic rings. The van der Waals surface area contributed by atoms with Crippen molar-refractivity contribution in [2.24, 2.45) is 0 Å². The lowest BCUT2D eigenvalue weighted by atomic mass is 10.2. The predicted molar refractivity (Wildman–Crippen MR) is 61.9 cm³/mol. The fourth-order valence-electron chi connectivity index (χ4n) is 1.07. The Kier molecular flexibility index (Phi) is 4.18. The number of likely N-dealkylation sites (N-methyl/N-ethyl adjacent to an activating group) is 1. The second kappa shape index (κ2) is 5.66. The number of benzene rings is 1. The third-order valence-electron chi connectivity index (χ3n) is 1.92. The molecule has 1 amide bonds. The van der Waals surface area contributed by atoms with Crippen LogP contribution in [0.1, 0.15) is 5.56 Å². The van der Waals surface area contributed by atoms with Gasteiger partial charge in [-0.15, -0.1) is 6.42 Å². The first-order chi connectivity index (χ1) is 7.24. The Labute approximate surface area is 90.2 Å². The van der Waals surface area contributed by atoms with Gasteiger partial charge >= 0.3 is 0 Å². The molecule has 0 radical (unpaired) electrons. The van der Waals surface area contributed by atoms with Gasteiger partial charge < -0.3 is 4.90 Å². The lowest BCUT2D eigenvalue weighted by Gasteiger charge is -2.09. The number of hydrogen-bond donors (Lipinski definition) is 0. The van der Waals surface area contributed by atoms with E-state index in [4.69, 9.17) is 6.42 Å². The number of amides is 1. The Morgan fingerprint density at radius 2 is 2.13 bits per heavy atom. The van der Waals surface area contributed by atoms with Crippen molar-refractivity contribution in [3.63, 3.8) is 0 Å². The van der Waals surface area contributed by atoms with Gasteiger partial charge in [0.15, 0.2) is 0 Å². The SMILES string of the molecule is C#CCN(C)C(=O)/C=C/c1ccccc1. The minimum Gasteiger partial charge on any atom is -0.331 e. The fourth-order valence-corrected chi connectivity index (χ4v) is 1.07. The van der Waals surface area contributed by atoms with Crippen molar-refractivity contribution in [3.05, 3.63) is 42.0 Å². The van der Waals surface area contributed by atoms with Crippen LogP contribution in [0.5, 0.6) is 0 Å². The summed E-state index contributed by atoms with van der Waals surface area (Å²) >= 11 is 0. The zero-order valence-electron chi connectivity index (χ0n) is 8.68. The summed E-state index contributed by atoms with van der Waals surface area (Å²) in [5.41, 5.74) is 1.000. The van der Waals surface area contributed by atoms with Gasteiger partial charge in [-0.2, -0.15) is 0 Å². The number of rotatable bonds is 3. The first kappa shape index (κ1) is 11.1. The van der Waals surface area contributed by atoms with Crippen molar-refractivity contribution in [1.29, 1.82) is 0 Å². The maximum Gasteiger partial charge on any atom is 0.247 e. The maximum absolute atomic E-state index is 11.4. The van der Waals surface area contributed by atoms with Crippen molar-refractivity contribution >= 4 is 12.0 Å². The van der Waals surface area contributed by atoms with Crippen molar-refractivity contribution < 1.29 is 4.79 Å². The van der Waals surface area contributed by atoms with E-state index in [9.17, 15) is 4.79 Å². The van der Waals surface area contributed by atoms with Gasteiger partial charge in [0.1, 0.15) is 0 Å². The highest BCUT2D eigenvalue weighted by Gasteiger charge is 2.01. The first-order valence-corrected chi connectivity index (χ1v) is 4.65. The Morgan fingerprint density at radius 3 is 2.73 bits per heavy atom. The molecule has 0 atom stereocenters. The highest BCUT2D eigenvalue weighted by Crippen LogP contribution is 2.01. The molecule has 0 heterocycles. The van der Waals surface area contributed by atoms with Gasteiger partial charge in [-0.1, -0.05) is 36.3 Å². The van der Waals surface area contributed by atoms with E-state index in [1.165, 1.54) is 11.0 Å². The molecule has 0 aromatic heterocycles. The number of hydrogen-bond acceptors (Lipinski definition) is 1. The van der Waals surface area contributed by atoms with E-state index >= 15 is 0 Å². The van der Waals surface area contributed by atoms with Crippen LogP contribution in [-0.2, 0) is 4.79 Å².